The first-order valence-corrected chi connectivity index (χ1v) is 11.1. The summed E-state index contributed by atoms with van der Waals surface area (Å²) in [6.07, 6.45) is 5.41. The van der Waals surface area contributed by atoms with E-state index in [9.17, 15) is 14.0 Å². The van der Waals surface area contributed by atoms with E-state index in [1.54, 1.807) is 0 Å². The third-order valence-corrected chi connectivity index (χ3v) is 5.75. The van der Waals surface area contributed by atoms with Gasteiger partial charge in [0.05, 0.1) is 19.6 Å². The van der Waals surface area contributed by atoms with Crippen molar-refractivity contribution in [2.45, 2.75) is 38.7 Å². The summed E-state index contributed by atoms with van der Waals surface area (Å²) >= 11 is 5.74. The molecule has 0 bridgehead atoms. The number of nitrogens with one attached hydrogen (secondary N) is 2. The van der Waals surface area contributed by atoms with E-state index >= 15 is 0 Å². The van der Waals surface area contributed by atoms with Crippen molar-refractivity contribution in [1.82, 2.24) is 20.5 Å². The van der Waals surface area contributed by atoms with Crippen molar-refractivity contribution in [3.63, 3.8) is 0 Å². The van der Waals surface area contributed by atoms with Crippen molar-refractivity contribution in [2.75, 3.05) is 19.1 Å². The van der Waals surface area contributed by atoms with Crippen LogP contribution in [-0.2, 0) is 21.0 Å². The molecule has 33 heavy (non-hydrogen) atoms. The molecular weight excluding hydrogens is 453 g/mol. The number of benzene rings is 1. The van der Waals surface area contributed by atoms with Crippen LogP contribution in [0.25, 0.3) is 0 Å². The number of hydrogen-bond donors (Lipinski definition) is 2. The molecule has 9 nitrogen and oxygen atoms in total. The second kappa shape index (κ2) is 12.3. The Balaban J connectivity index is 1.65. The summed E-state index contributed by atoms with van der Waals surface area (Å²) < 4.78 is 19.1. The number of amides is 2. The quantitative estimate of drug-likeness (QED) is 0.272. The van der Waals surface area contributed by atoms with Crippen LogP contribution in [0.2, 0.25) is 5.15 Å². The fraction of sp³-hybridized carbons (Fsp3) is 0.455. The average Bonchev–Trinajstić information content (AvgIpc) is 3.35. The number of halogens is 2. The lowest BCUT2D eigenvalue weighted by Gasteiger charge is -2.25. The molecule has 178 valence electrons. The van der Waals surface area contributed by atoms with Gasteiger partial charge < -0.3 is 4.74 Å². The van der Waals surface area contributed by atoms with Crippen LogP contribution in [-0.4, -0.2) is 41.0 Å². The van der Waals surface area contributed by atoms with Crippen molar-refractivity contribution in [3.8, 4) is 6.01 Å². The molecule has 1 aliphatic carbocycles. The largest absolute Gasteiger partial charge is 0.467 e. The SMILES string of the molecule is COc1nc(Cl)c(F)c(NNC(=O)[C@H](CC2CCCC2)CN(C=O)OCc2ccccc2)n1. The lowest BCUT2D eigenvalue weighted by molar-refractivity contribution is -0.182. The highest BCUT2D eigenvalue weighted by molar-refractivity contribution is 6.29. The Morgan fingerprint density at radius 2 is 2.03 bits per heavy atom. The zero-order valence-corrected chi connectivity index (χ0v) is 19.1. The van der Waals surface area contributed by atoms with E-state index in [-0.39, 0.29) is 25.0 Å². The minimum atomic E-state index is -0.925. The Morgan fingerprint density at radius 1 is 1.30 bits per heavy atom. The number of hydrazine groups is 1. The van der Waals surface area contributed by atoms with Gasteiger partial charge in [-0.05, 0) is 17.9 Å². The van der Waals surface area contributed by atoms with Gasteiger partial charge in [-0.1, -0.05) is 67.6 Å². The number of carbonyl (C=O) groups excluding carboxylic acids is 2. The third kappa shape index (κ3) is 7.26. The molecule has 0 unspecified atom stereocenters. The van der Waals surface area contributed by atoms with Gasteiger partial charge in [-0.3, -0.25) is 25.3 Å². The van der Waals surface area contributed by atoms with Crippen molar-refractivity contribution < 1.29 is 23.6 Å². The molecule has 1 aliphatic rings. The number of methoxy groups -OCH3 is 1. The number of aromatic nitrogens is 2. The second-order valence-corrected chi connectivity index (χ2v) is 8.18. The van der Waals surface area contributed by atoms with E-state index in [0.29, 0.717) is 18.7 Å². The third-order valence-electron chi connectivity index (χ3n) is 5.50. The molecule has 2 aromatic rings. The normalized spacial score (nSPS) is 14.5. The smallest absolute Gasteiger partial charge is 0.319 e. The fourth-order valence-electron chi connectivity index (χ4n) is 3.79. The Kier molecular flexibility index (Phi) is 9.20. The summed E-state index contributed by atoms with van der Waals surface area (Å²) in [5.74, 6) is -1.89. The van der Waals surface area contributed by atoms with Gasteiger partial charge in [0.15, 0.2) is 11.0 Å². The van der Waals surface area contributed by atoms with Gasteiger partial charge in [0.25, 0.3) is 0 Å². The lowest BCUT2D eigenvalue weighted by atomic mass is 9.92. The summed E-state index contributed by atoms with van der Waals surface area (Å²) in [5.41, 5.74) is 5.81. The topological polar surface area (TPSA) is 106 Å². The van der Waals surface area contributed by atoms with Gasteiger partial charge in [0.1, 0.15) is 6.61 Å². The van der Waals surface area contributed by atoms with Crippen LogP contribution in [0.3, 0.4) is 0 Å². The number of hydrogen-bond acceptors (Lipinski definition) is 7. The predicted octanol–water partition coefficient (Wildman–Crippen LogP) is 3.51. The van der Waals surface area contributed by atoms with E-state index in [1.165, 1.54) is 7.11 Å². The van der Waals surface area contributed by atoms with Crippen molar-refractivity contribution in [2.24, 2.45) is 11.8 Å². The average molecular weight is 480 g/mol. The second-order valence-electron chi connectivity index (χ2n) is 7.83. The van der Waals surface area contributed by atoms with Gasteiger partial charge in [-0.2, -0.15) is 14.4 Å². The number of anilines is 1. The van der Waals surface area contributed by atoms with Crippen LogP contribution >= 0.6 is 11.6 Å². The molecule has 1 heterocycles. The molecule has 1 aromatic carbocycles. The number of hydroxylamine groups is 2. The van der Waals surface area contributed by atoms with Crippen molar-refractivity contribution >= 4 is 29.7 Å². The summed E-state index contributed by atoms with van der Waals surface area (Å²) in [6.45, 7) is 0.247. The molecule has 3 rings (SSSR count). The number of nitrogens with zero attached hydrogens (tertiary/aromatic N) is 3. The van der Waals surface area contributed by atoms with Crippen LogP contribution in [0.15, 0.2) is 30.3 Å². The summed E-state index contributed by atoms with van der Waals surface area (Å²) in [5, 5.41) is 0.680. The predicted molar refractivity (Wildman–Crippen MR) is 119 cm³/mol. The summed E-state index contributed by atoms with van der Waals surface area (Å²) in [4.78, 5) is 37.6. The van der Waals surface area contributed by atoms with Crippen molar-refractivity contribution in [3.05, 3.63) is 46.9 Å². The van der Waals surface area contributed by atoms with Crippen LogP contribution in [0.4, 0.5) is 10.2 Å². The van der Waals surface area contributed by atoms with Gasteiger partial charge in [0.2, 0.25) is 18.1 Å². The van der Waals surface area contributed by atoms with Crippen LogP contribution in [0, 0.1) is 17.7 Å². The van der Waals surface area contributed by atoms with Gasteiger partial charge in [-0.15, -0.1) is 0 Å². The molecule has 0 saturated heterocycles. The highest BCUT2D eigenvalue weighted by atomic mass is 35.5. The molecule has 2 amide bonds. The van der Waals surface area contributed by atoms with Crippen molar-refractivity contribution in [1.29, 1.82) is 0 Å². The van der Waals surface area contributed by atoms with Crippen LogP contribution in [0.1, 0.15) is 37.7 Å². The maximum absolute atomic E-state index is 14.2. The number of ether oxygens (including phenoxy) is 1. The minimum absolute atomic E-state index is 0.0523. The van der Waals surface area contributed by atoms with Gasteiger partial charge >= 0.3 is 6.01 Å². The van der Waals surface area contributed by atoms with Gasteiger partial charge in [0, 0.05) is 0 Å². The zero-order chi connectivity index (χ0) is 23.6. The fourth-order valence-corrected chi connectivity index (χ4v) is 3.95. The monoisotopic (exact) mass is 479 g/mol. The highest BCUT2D eigenvalue weighted by Crippen LogP contribution is 2.31. The molecule has 0 aliphatic heterocycles. The van der Waals surface area contributed by atoms with E-state index in [2.05, 4.69) is 20.8 Å². The molecule has 0 radical (unpaired) electrons. The molecule has 1 aromatic heterocycles. The summed E-state index contributed by atoms with van der Waals surface area (Å²) in [6, 6.07) is 9.25. The Labute approximate surface area is 196 Å². The molecule has 1 atom stereocenters. The molecule has 2 N–H and O–H groups in total. The first kappa shape index (κ1) is 24.7. The Bertz CT molecular complexity index is 931. The van der Waals surface area contributed by atoms with Gasteiger partial charge in [-0.25, -0.2) is 5.06 Å². The number of rotatable bonds is 12. The van der Waals surface area contributed by atoms with Crippen LogP contribution < -0.4 is 15.6 Å². The lowest BCUT2D eigenvalue weighted by Crippen LogP contribution is -2.42. The summed E-state index contributed by atoms with van der Waals surface area (Å²) in [7, 11) is 1.31. The first-order chi connectivity index (χ1) is 16.0. The zero-order valence-electron chi connectivity index (χ0n) is 18.3. The number of carbonyl (C=O) groups is 2. The Hall–Kier alpha value is -2.98. The van der Waals surface area contributed by atoms with E-state index in [4.69, 9.17) is 21.2 Å². The molecule has 1 fully saturated rings. The molecule has 11 heteroatoms. The maximum Gasteiger partial charge on any atom is 0.319 e. The standard InChI is InChI=1S/C22H27ClFN5O4/c1-32-22-25-19(23)18(24)20(26-22)27-28-21(31)17(11-15-7-5-6-8-15)12-29(14-30)33-13-16-9-3-2-4-10-16/h2-4,9-10,14-15,17H,5-8,11-13H2,1H3,(H,28,31)(H,25,26,27)/t17-/m1/s1. The molecular formula is C22H27ClFN5O4. The molecule has 1 saturated carbocycles. The molecule has 0 spiro atoms. The highest BCUT2D eigenvalue weighted by Gasteiger charge is 2.28. The Morgan fingerprint density at radius 3 is 2.70 bits per heavy atom. The maximum atomic E-state index is 14.2. The minimum Gasteiger partial charge on any atom is -0.467 e. The van der Waals surface area contributed by atoms with E-state index in [0.717, 1.165) is 36.3 Å². The van der Waals surface area contributed by atoms with E-state index in [1.807, 2.05) is 30.3 Å². The van der Waals surface area contributed by atoms with Crippen LogP contribution in [0.5, 0.6) is 6.01 Å². The first-order valence-electron chi connectivity index (χ1n) is 10.7. The van der Waals surface area contributed by atoms with E-state index < -0.39 is 22.8 Å².